The molecular formula is C22H22N4O4. The molecule has 3 aromatic rings. The lowest BCUT2D eigenvalue weighted by Crippen LogP contribution is -2.48. The highest BCUT2D eigenvalue weighted by Gasteiger charge is 2.25. The Kier molecular flexibility index (Phi) is 5.65. The van der Waals surface area contributed by atoms with Gasteiger partial charge in [-0.05, 0) is 36.4 Å². The number of oxazole rings is 1. The van der Waals surface area contributed by atoms with Crippen molar-refractivity contribution in [2.24, 2.45) is 0 Å². The van der Waals surface area contributed by atoms with E-state index in [1.54, 1.807) is 36.3 Å². The van der Waals surface area contributed by atoms with Crippen LogP contribution in [0.1, 0.15) is 20.8 Å². The molecule has 8 nitrogen and oxygen atoms in total. The van der Waals surface area contributed by atoms with Gasteiger partial charge in [0.15, 0.2) is 5.69 Å². The first kappa shape index (κ1) is 19.5. The molecule has 154 valence electrons. The Morgan fingerprint density at radius 3 is 2.37 bits per heavy atom. The number of carbonyl (C=O) groups is 2. The van der Waals surface area contributed by atoms with E-state index in [4.69, 9.17) is 9.15 Å². The quantitative estimate of drug-likeness (QED) is 0.701. The number of nitrogens with zero attached hydrogens (tertiary/aromatic N) is 3. The summed E-state index contributed by atoms with van der Waals surface area (Å²) in [4.78, 5) is 33.0. The average Bonchev–Trinajstić information content (AvgIpc) is 3.28. The first-order valence-corrected chi connectivity index (χ1v) is 9.64. The van der Waals surface area contributed by atoms with Crippen LogP contribution < -0.4 is 15.0 Å². The van der Waals surface area contributed by atoms with Gasteiger partial charge in [0, 0.05) is 37.4 Å². The molecule has 0 bridgehead atoms. The van der Waals surface area contributed by atoms with Gasteiger partial charge >= 0.3 is 6.01 Å². The Bertz CT molecular complexity index is 1010. The van der Waals surface area contributed by atoms with E-state index in [-0.39, 0.29) is 23.5 Å². The Hall–Kier alpha value is -3.81. The van der Waals surface area contributed by atoms with Gasteiger partial charge in [-0.2, -0.15) is 4.98 Å². The van der Waals surface area contributed by atoms with Crippen molar-refractivity contribution in [3.05, 3.63) is 72.1 Å². The maximum atomic E-state index is 12.8. The first-order valence-electron chi connectivity index (χ1n) is 9.64. The first-order chi connectivity index (χ1) is 14.6. The third-order valence-corrected chi connectivity index (χ3v) is 4.98. The lowest BCUT2D eigenvalue weighted by molar-refractivity contribution is 0.0740. The summed E-state index contributed by atoms with van der Waals surface area (Å²) in [7, 11) is 1.64. The van der Waals surface area contributed by atoms with E-state index >= 15 is 0 Å². The molecule has 0 unspecified atom stereocenters. The van der Waals surface area contributed by atoms with Gasteiger partial charge < -0.3 is 19.0 Å². The Morgan fingerprint density at radius 1 is 1.00 bits per heavy atom. The van der Waals surface area contributed by atoms with Crippen LogP contribution >= 0.6 is 0 Å². The number of hydrogen-bond donors (Lipinski definition) is 1. The number of methoxy groups -OCH3 is 1. The minimum absolute atomic E-state index is 0.00377. The second-order valence-corrected chi connectivity index (χ2v) is 6.84. The van der Waals surface area contributed by atoms with Crippen LogP contribution in [0.4, 0.5) is 11.7 Å². The van der Waals surface area contributed by atoms with E-state index in [0.29, 0.717) is 31.7 Å². The molecule has 0 saturated carbocycles. The number of amides is 2. The van der Waals surface area contributed by atoms with E-state index in [1.807, 2.05) is 30.3 Å². The molecule has 30 heavy (non-hydrogen) atoms. The monoisotopic (exact) mass is 406 g/mol. The molecule has 0 spiro atoms. The summed E-state index contributed by atoms with van der Waals surface area (Å²) in [6.45, 7) is 2.58. The predicted molar refractivity (Wildman–Crippen MR) is 112 cm³/mol. The van der Waals surface area contributed by atoms with Crippen LogP contribution in [-0.4, -0.2) is 55.0 Å². The van der Waals surface area contributed by atoms with Crippen LogP contribution in [0.25, 0.3) is 0 Å². The fourth-order valence-electron chi connectivity index (χ4n) is 3.31. The zero-order chi connectivity index (χ0) is 20.9. The number of carbonyl (C=O) groups excluding carboxylic acids is 2. The topological polar surface area (TPSA) is 87.9 Å². The van der Waals surface area contributed by atoms with Crippen molar-refractivity contribution in [2.45, 2.75) is 0 Å². The van der Waals surface area contributed by atoms with Gasteiger partial charge in [-0.15, -0.1) is 0 Å². The van der Waals surface area contributed by atoms with Crippen LogP contribution in [0.5, 0.6) is 5.75 Å². The average molecular weight is 406 g/mol. The fourth-order valence-corrected chi connectivity index (χ4v) is 3.31. The van der Waals surface area contributed by atoms with Crippen molar-refractivity contribution in [1.29, 1.82) is 0 Å². The molecule has 1 N–H and O–H groups in total. The van der Waals surface area contributed by atoms with E-state index < -0.39 is 0 Å². The summed E-state index contributed by atoms with van der Waals surface area (Å²) >= 11 is 0. The van der Waals surface area contributed by atoms with E-state index in [0.717, 1.165) is 11.4 Å². The molecule has 2 amide bonds. The molecule has 1 saturated heterocycles. The van der Waals surface area contributed by atoms with Crippen LogP contribution in [-0.2, 0) is 0 Å². The van der Waals surface area contributed by atoms with Crippen molar-refractivity contribution in [3.63, 3.8) is 0 Å². The lowest BCUT2D eigenvalue weighted by Gasteiger charge is -2.35. The van der Waals surface area contributed by atoms with Gasteiger partial charge in [0.25, 0.3) is 11.8 Å². The number of hydrogen-bond acceptors (Lipinski definition) is 6. The van der Waals surface area contributed by atoms with Crippen molar-refractivity contribution in [2.75, 3.05) is 43.5 Å². The second-order valence-electron chi connectivity index (χ2n) is 6.84. The molecule has 1 aromatic heterocycles. The second kappa shape index (κ2) is 8.69. The van der Waals surface area contributed by atoms with E-state index in [2.05, 4.69) is 15.2 Å². The summed E-state index contributed by atoms with van der Waals surface area (Å²) in [6, 6.07) is 16.6. The molecule has 0 aliphatic carbocycles. The maximum absolute atomic E-state index is 12.8. The third-order valence-electron chi connectivity index (χ3n) is 4.98. The summed E-state index contributed by atoms with van der Waals surface area (Å²) in [5.74, 6) is 0.256. The highest BCUT2D eigenvalue weighted by Crippen LogP contribution is 2.21. The molecule has 4 rings (SSSR count). The van der Waals surface area contributed by atoms with Crippen LogP contribution in [0.2, 0.25) is 0 Å². The number of ether oxygens (including phenoxy) is 1. The number of anilines is 2. The fraction of sp³-hybridized carbons (Fsp3) is 0.227. The van der Waals surface area contributed by atoms with Gasteiger partial charge in [0.05, 0.1) is 7.11 Å². The summed E-state index contributed by atoms with van der Waals surface area (Å²) in [6.07, 6.45) is 1.28. The third kappa shape index (κ3) is 4.27. The van der Waals surface area contributed by atoms with Crippen LogP contribution in [0, 0.1) is 0 Å². The lowest BCUT2D eigenvalue weighted by atomic mass is 10.2. The molecule has 2 heterocycles. The maximum Gasteiger partial charge on any atom is 0.302 e. The molecule has 0 radical (unpaired) electrons. The SMILES string of the molecule is COc1ccc(N2CCN(C(=O)c3coc(NC(=O)c4ccccc4)n3)CC2)cc1. The summed E-state index contributed by atoms with van der Waals surface area (Å²) < 4.78 is 10.5. The van der Waals surface area contributed by atoms with Crippen LogP contribution in [0.15, 0.2) is 65.3 Å². The number of piperazine rings is 1. The largest absolute Gasteiger partial charge is 0.497 e. The van der Waals surface area contributed by atoms with E-state index in [9.17, 15) is 9.59 Å². The van der Waals surface area contributed by atoms with Crippen molar-refractivity contribution in [3.8, 4) is 5.75 Å². The molecule has 0 atom stereocenters. The van der Waals surface area contributed by atoms with E-state index in [1.165, 1.54) is 6.26 Å². The Labute approximate surface area is 174 Å². The van der Waals surface area contributed by atoms with Crippen molar-refractivity contribution >= 4 is 23.5 Å². The highest BCUT2D eigenvalue weighted by molar-refractivity contribution is 6.03. The molecule has 1 aliphatic rings. The molecule has 2 aromatic carbocycles. The molecule has 1 fully saturated rings. The standard InChI is InChI=1S/C22H22N4O4/c1-29-18-9-7-17(8-10-18)25-11-13-26(14-12-25)21(28)19-15-30-22(23-19)24-20(27)16-5-3-2-4-6-16/h2-10,15H,11-14H2,1H3,(H,23,24,27). The smallest absolute Gasteiger partial charge is 0.302 e. The van der Waals surface area contributed by atoms with Gasteiger partial charge in [-0.25, -0.2) is 0 Å². The molecular weight excluding hydrogens is 384 g/mol. The van der Waals surface area contributed by atoms with Crippen LogP contribution in [0.3, 0.4) is 0 Å². The molecule has 1 aliphatic heterocycles. The number of nitrogens with one attached hydrogen (secondary N) is 1. The van der Waals surface area contributed by atoms with Crippen molar-refractivity contribution in [1.82, 2.24) is 9.88 Å². The summed E-state index contributed by atoms with van der Waals surface area (Å²) in [5, 5.41) is 2.57. The van der Waals surface area contributed by atoms with Gasteiger partial charge in [-0.3, -0.25) is 14.9 Å². The van der Waals surface area contributed by atoms with Gasteiger partial charge in [0.1, 0.15) is 12.0 Å². The highest BCUT2D eigenvalue weighted by atomic mass is 16.5. The Morgan fingerprint density at radius 2 is 1.70 bits per heavy atom. The number of benzene rings is 2. The van der Waals surface area contributed by atoms with Gasteiger partial charge in [0.2, 0.25) is 0 Å². The van der Waals surface area contributed by atoms with Gasteiger partial charge in [-0.1, -0.05) is 18.2 Å². The summed E-state index contributed by atoms with van der Waals surface area (Å²) in [5.41, 5.74) is 1.75. The number of aromatic nitrogens is 1. The minimum atomic E-state index is -0.343. The minimum Gasteiger partial charge on any atom is -0.497 e. The van der Waals surface area contributed by atoms with Crippen molar-refractivity contribution < 1.29 is 18.7 Å². The number of rotatable bonds is 5. The molecule has 8 heteroatoms. The predicted octanol–water partition coefficient (Wildman–Crippen LogP) is 2.90. The zero-order valence-corrected chi connectivity index (χ0v) is 16.6. The normalized spacial score (nSPS) is 13.8. The zero-order valence-electron chi connectivity index (χ0n) is 16.6. The Balaban J connectivity index is 1.33.